The van der Waals surface area contributed by atoms with E-state index >= 15 is 0 Å². The van der Waals surface area contributed by atoms with Crippen LogP contribution in [0.1, 0.15) is 59.1 Å². The van der Waals surface area contributed by atoms with Crippen molar-refractivity contribution < 1.29 is 29.3 Å². The summed E-state index contributed by atoms with van der Waals surface area (Å²) in [7, 11) is 0. The van der Waals surface area contributed by atoms with Crippen LogP contribution in [-0.4, -0.2) is 45.8 Å². The van der Waals surface area contributed by atoms with Gasteiger partial charge in [-0.05, 0) is 59.1 Å². The SMILES string of the molecule is CC(C)(C)OC(=O)N[C@@H](Cc1ccc(CCC(O)OC(C)(C)C)cc1)C(=O)O. The van der Waals surface area contributed by atoms with Gasteiger partial charge >= 0.3 is 12.1 Å². The van der Waals surface area contributed by atoms with E-state index in [0.29, 0.717) is 12.8 Å². The summed E-state index contributed by atoms with van der Waals surface area (Å²) in [5.41, 5.74) is 0.678. The van der Waals surface area contributed by atoms with Gasteiger partial charge in [0.25, 0.3) is 0 Å². The van der Waals surface area contributed by atoms with Crippen LogP contribution in [0.15, 0.2) is 24.3 Å². The molecule has 0 aliphatic carbocycles. The van der Waals surface area contributed by atoms with E-state index in [2.05, 4.69) is 5.32 Å². The smallest absolute Gasteiger partial charge is 0.408 e. The molecule has 1 rings (SSSR count). The summed E-state index contributed by atoms with van der Waals surface area (Å²) in [6.45, 7) is 10.8. The fourth-order valence-electron chi connectivity index (χ4n) is 2.48. The lowest BCUT2D eigenvalue weighted by molar-refractivity contribution is -0.167. The maximum absolute atomic E-state index is 11.8. The van der Waals surface area contributed by atoms with Gasteiger partial charge in [0.2, 0.25) is 0 Å². The quantitative estimate of drug-likeness (QED) is 0.584. The Balaban J connectivity index is 2.61. The van der Waals surface area contributed by atoms with Crippen molar-refractivity contribution in [2.24, 2.45) is 0 Å². The second-order valence-corrected chi connectivity index (χ2v) is 8.78. The maximum Gasteiger partial charge on any atom is 0.408 e. The van der Waals surface area contributed by atoms with Crippen molar-refractivity contribution in [1.82, 2.24) is 5.32 Å². The van der Waals surface area contributed by atoms with E-state index in [9.17, 15) is 19.8 Å². The molecule has 2 atom stereocenters. The number of carbonyl (C=O) groups excluding carboxylic acids is 1. The summed E-state index contributed by atoms with van der Waals surface area (Å²) in [5, 5.41) is 21.7. The number of benzene rings is 1. The van der Waals surface area contributed by atoms with Gasteiger partial charge in [-0.2, -0.15) is 0 Å². The van der Waals surface area contributed by atoms with E-state index in [4.69, 9.17) is 9.47 Å². The first-order valence-corrected chi connectivity index (χ1v) is 9.41. The lowest BCUT2D eigenvalue weighted by Crippen LogP contribution is -2.44. The molecule has 3 N–H and O–H groups in total. The molecule has 7 nitrogen and oxygen atoms in total. The number of ether oxygens (including phenoxy) is 2. The van der Waals surface area contributed by atoms with Crippen LogP contribution < -0.4 is 5.32 Å². The number of carboxylic acids is 1. The Kier molecular flexibility index (Phi) is 8.45. The molecule has 0 saturated carbocycles. The van der Waals surface area contributed by atoms with Crippen molar-refractivity contribution >= 4 is 12.1 Å². The van der Waals surface area contributed by atoms with Gasteiger partial charge in [0.15, 0.2) is 6.29 Å². The van der Waals surface area contributed by atoms with Gasteiger partial charge in [0, 0.05) is 12.8 Å². The first-order chi connectivity index (χ1) is 12.7. The minimum atomic E-state index is -1.13. The minimum absolute atomic E-state index is 0.143. The summed E-state index contributed by atoms with van der Waals surface area (Å²) < 4.78 is 10.6. The highest BCUT2D eigenvalue weighted by molar-refractivity contribution is 5.80. The highest BCUT2D eigenvalue weighted by Crippen LogP contribution is 2.15. The number of aliphatic hydroxyl groups excluding tert-OH is 1. The van der Waals surface area contributed by atoms with Gasteiger partial charge in [0.1, 0.15) is 11.6 Å². The summed E-state index contributed by atoms with van der Waals surface area (Å²) in [6.07, 6.45) is -0.353. The van der Waals surface area contributed by atoms with Gasteiger partial charge < -0.3 is 25.0 Å². The van der Waals surface area contributed by atoms with E-state index in [1.165, 1.54) is 0 Å². The van der Waals surface area contributed by atoms with Crippen molar-refractivity contribution in [3.05, 3.63) is 35.4 Å². The highest BCUT2D eigenvalue weighted by atomic mass is 16.6. The largest absolute Gasteiger partial charge is 0.480 e. The molecule has 1 amide bonds. The van der Waals surface area contributed by atoms with Crippen LogP contribution in [0.25, 0.3) is 0 Å². The molecular formula is C21H33NO6. The van der Waals surface area contributed by atoms with E-state index in [1.54, 1.807) is 20.8 Å². The highest BCUT2D eigenvalue weighted by Gasteiger charge is 2.24. The summed E-state index contributed by atoms with van der Waals surface area (Å²) in [5.74, 6) is -1.13. The molecule has 0 fully saturated rings. The van der Waals surface area contributed by atoms with E-state index in [1.807, 2.05) is 45.0 Å². The van der Waals surface area contributed by atoms with Gasteiger partial charge in [-0.1, -0.05) is 24.3 Å². The molecule has 0 aliphatic heterocycles. The van der Waals surface area contributed by atoms with Crippen LogP contribution in [0.4, 0.5) is 4.79 Å². The Morgan fingerprint density at radius 3 is 2.00 bits per heavy atom. The number of alkyl carbamates (subject to hydrolysis) is 1. The van der Waals surface area contributed by atoms with Crippen LogP contribution >= 0.6 is 0 Å². The number of rotatable bonds is 8. The van der Waals surface area contributed by atoms with Crippen LogP contribution in [0.2, 0.25) is 0 Å². The predicted molar refractivity (Wildman–Crippen MR) is 106 cm³/mol. The van der Waals surface area contributed by atoms with Crippen LogP contribution in [0, 0.1) is 0 Å². The minimum Gasteiger partial charge on any atom is -0.480 e. The molecule has 0 aliphatic rings. The number of carbonyl (C=O) groups is 2. The van der Waals surface area contributed by atoms with Crippen LogP contribution in [-0.2, 0) is 27.1 Å². The van der Waals surface area contributed by atoms with Crippen LogP contribution in [0.5, 0.6) is 0 Å². The second-order valence-electron chi connectivity index (χ2n) is 8.78. The first-order valence-electron chi connectivity index (χ1n) is 9.41. The number of hydrogen-bond acceptors (Lipinski definition) is 5. The van der Waals surface area contributed by atoms with E-state index in [-0.39, 0.29) is 6.42 Å². The summed E-state index contributed by atoms with van der Waals surface area (Å²) in [4.78, 5) is 23.3. The molecule has 0 radical (unpaired) electrons. The van der Waals surface area contributed by atoms with Gasteiger partial charge in [-0.3, -0.25) is 0 Å². The van der Waals surface area contributed by atoms with E-state index < -0.39 is 35.6 Å². The third-order valence-corrected chi connectivity index (χ3v) is 3.62. The maximum atomic E-state index is 11.8. The van der Waals surface area contributed by atoms with Crippen molar-refractivity contribution in [3.63, 3.8) is 0 Å². The fourth-order valence-corrected chi connectivity index (χ4v) is 2.48. The van der Waals surface area contributed by atoms with Gasteiger partial charge in [0.05, 0.1) is 5.60 Å². The number of aliphatic hydroxyl groups is 1. The molecule has 158 valence electrons. The molecule has 1 unspecified atom stereocenters. The Morgan fingerprint density at radius 2 is 1.54 bits per heavy atom. The zero-order valence-electron chi connectivity index (χ0n) is 17.6. The molecule has 1 aromatic carbocycles. The summed E-state index contributed by atoms with van der Waals surface area (Å²) in [6, 6.07) is 6.32. The Hall–Kier alpha value is -2.12. The number of carboxylic acid groups (broad SMARTS) is 1. The van der Waals surface area contributed by atoms with Gasteiger partial charge in [-0.15, -0.1) is 0 Å². The van der Waals surface area contributed by atoms with Crippen molar-refractivity contribution in [2.75, 3.05) is 0 Å². The Morgan fingerprint density at radius 1 is 1.00 bits per heavy atom. The number of amides is 1. The Labute approximate surface area is 167 Å². The predicted octanol–water partition coefficient (Wildman–Crippen LogP) is 3.27. The second kappa shape index (κ2) is 9.89. The average molecular weight is 395 g/mol. The number of nitrogens with one attached hydrogen (secondary N) is 1. The van der Waals surface area contributed by atoms with Crippen molar-refractivity contribution in [3.8, 4) is 0 Å². The van der Waals surface area contributed by atoms with Crippen molar-refractivity contribution in [2.45, 2.75) is 84.3 Å². The summed E-state index contributed by atoms with van der Waals surface area (Å²) >= 11 is 0. The normalized spacial score (nSPS) is 14.2. The number of hydrogen-bond donors (Lipinski definition) is 3. The Bertz CT molecular complexity index is 642. The number of aliphatic carboxylic acids is 1. The molecule has 28 heavy (non-hydrogen) atoms. The molecule has 0 bridgehead atoms. The molecule has 0 spiro atoms. The average Bonchev–Trinajstić information content (AvgIpc) is 2.50. The lowest BCUT2D eigenvalue weighted by Gasteiger charge is -2.24. The molecule has 1 aromatic rings. The fraction of sp³-hybridized carbons (Fsp3) is 0.619. The molecule has 0 aromatic heterocycles. The van der Waals surface area contributed by atoms with Crippen LogP contribution in [0.3, 0.4) is 0 Å². The molecule has 7 heteroatoms. The monoisotopic (exact) mass is 395 g/mol. The molecular weight excluding hydrogens is 362 g/mol. The van der Waals surface area contributed by atoms with Gasteiger partial charge in [-0.25, -0.2) is 9.59 Å². The van der Waals surface area contributed by atoms with Crippen molar-refractivity contribution in [1.29, 1.82) is 0 Å². The zero-order chi connectivity index (χ0) is 21.5. The third-order valence-electron chi connectivity index (χ3n) is 3.62. The number of aryl methyl sites for hydroxylation is 1. The molecule has 0 heterocycles. The third kappa shape index (κ3) is 10.3. The van der Waals surface area contributed by atoms with E-state index in [0.717, 1.165) is 11.1 Å². The first kappa shape index (κ1) is 23.9. The topological polar surface area (TPSA) is 105 Å². The standard InChI is InChI=1S/C21H33NO6/c1-20(2,3)27-17(23)12-11-14-7-9-15(10-8-14)13-16(18(24)25)22-19(26)28-21(4,5)6/h7-10,16-17,23H,11-13H2,1-6H3,(H,22,26)(H,24,25)/t16-,17?/m0/s1. The zero-order valence-corrected chi connectivity index (χ0v) is 17.6. The lowest BCUT2D eigenvalue weighted by atomic mass is 10.0. The molecule has 0 saturated heterocycles.